The number of benzene rings is 2. The first-order chi connectivity index (χ1) is 11.2. The minimum absolute atomic E-state index is 0.0547. The Morgan fingerprint density at radius 2 is 1.88 bits per heavy atom. The van der Waals surface area contributed by atoms with Gasteiger partial charge in [-0.1, -0.05) is 35.9 Å². The molecule has 2 rings (SSSR count). The number of alkyl halides is 3. The lowest BCUT2D eigenvalue weighted by molar-refractivity contribution is -0.141. The standard InChI is InChI=1S/C18H17F3O3/c1-11-7-8-16(24-2)13(9-11)14(17(22)23)10-12-5-3-4-6-15(12)18(19,20)21/h3-9,14H,10H2,1-2H3,(H,22,23). The molecule has 2 aromatic rings. The van der Waals surface area contributed by atoms with Crippen LogP contribution in [0.4, 0.5) is 13.2 Å². The third-order valence-corrected chi connectivity index (χ3v) is 3.81. The minimum Gasteiger partial charge on any atom is -0.496 e. The van der Waals surface area contributed by atoms with Gasteiger partial charge in [0.25, 0.3) is 0 Å². The molecule has 2 aromatic carbocycles. The molecule has 1 unspecified atom stereocenters. The van der Waals surface area contributed by atoms with E-state index in [2.05, 4.69) is 0 Å². The van der Waals surface area contributed by atoms with E-state index in [1.807, 2.05) is 0 Å². The smallest absolute Gasteiger partial charge is 0.416 e. The van der Waals surface area contributed by atoms with E-state index in [1.54, 1.807) is 25.1 Å². The summed E-state index contributed by atoms with van der Waals surface area (Å²) >= 11 is 0. The molecule has 0 heterocycles. The van der Waals surface area contributed by atoms with Crippen molar-refractivity contribution in [2.24, 2.45) is 0 Å². The van der Waals surface area contributed by atoms with Crippen molar-refractivity contribution >= 4 is 5.97 Å². The van der Waals surface area contributed by atoms with Crippen LogP contribution in [0.25, 0.3) is 0 Å². The maximum absolute atomic E-state index is 13.1. The molecule has 0 aliphatic rings. The van der Waals surface area contributed by atoms with E-state index in [4.69, 9.17) is 4.74 Å². The quantitative estimate of drug-likeness (QED) is 0.877. The van der Waals surface area contributed by atoms with Crippen LogP contribution < -0.4 is 4.74 Å². The molecule has 0 radical (unpaired) electrons. The second-order valence-electron chi connectivity index (χ2n) is 5.50. The van der Waals surface area contributed by atoms with Crippen LogP contribution in [0, 0.1) is 6.92 Å². The van der Waals surface area contributed by atoms with Gasteiger partial charge in [-0.2, -0.15) is 13.2 Å². The van der Waals surface area contributed by atoms with Gasteiger partial charge >= 0.3 is 12.1 Å². The highest BCUT2D eigenvalue weighted by Gasteiger charge is 2.34. The molecule has 0 aliphatic carbocycles. The van der Waals surface area contributed by atoms with Gasteiger partial charge in [0.15, 0.2) is 0 Å². The number of carboxylic acids is 1. The fraction of sp³-hybridized carbons (Fsp3) is 0.278. The van der Waals surface area contributed by atoms with Gasteiger partial charge in [0.2, 0.25) is 0 Å². The number of ether oxygens (including phenoxy) is 1. The summed E-state index contributed by atoms with van der Waals surface area (Å²) in [6, 6.07) is 10.0. The van der Waals surface area contributed by atoms with E-state index < -0.39 is 23.6 Å². The first-order valence-electron chi connectivity index (χ1n) is 7.26. The molecular formula is C18H17F3O3. The van der Waals surface area contributed by atoms with Crippen LogP contribution in [-0.2, 0) is 17.4 Å². The van der Waals surface area contributed by atoms with E-state index in [0.29, 0.717) is 11.3 Å². The largest absolute Gasteiger partial charge is 0.496 e. The average Bonchev–Trinajstić information content (AvgIpc) is 2.51. The Kier molecular flexibility index (Phi) is 5.17. The van der Waals surface area contributed by atoms with E-state index >= 15 is 0 Å². The van der Waals surface area contributed by atoms with Crippen molar-refractivity contribution in [3.63, 3.8) is 0 Å². The summed E-state index contributed by atoms with van der Waals surface area (Å²) in [6.07, 6.45) is -4.80. The lowest BCUT2D eigenvalue weighted by atomic mass is 9.88. The summed E-state index contributed by atoms with van der Waals surface area (Å²) < 4.78 is 44.6. The van der Waals surface area contributed by atoms with Crippen molar-refractivity contribution in [2.45, 2.75) is 25.4 Å². The number of carboxylic acid groups (broad SMARTS) is 1. The molecule has 0 aromatic heterocycles. The molecule has 0 bridgehead atoms. The zero-order valence-electron chi connectivity index (χ0n) is 13.2. The van der Waals surface area contributed by atoms with Crippen molar-refractivity contribution in [2.75, 3.05) is 7.11 Å². The van der Waals surface area contributed by atoms with Crippen LogP contribution in [0.5, 0.6) is 5.75 Å². The molecule has 6 heteroatoms. The molecule has 1 atom stereocenters. The molecular weight excluding hydrogens is 321 g/mol. The normalized spacial score (nSPS) is 12.7. The van der Waals surface area contributed by atoms with Gasteiger partial charge in [0.05, 0.1) is 18.6 Å². The summed E-state index contributed by atoms with van der Waals surface area (Å²) in [7, 11) is 1.40. The summed E-state index contributed by atoms with van der Waals surface area (Å²) in [5.41, 5.74) is 0.298. The lowest BCUT2D eigenvalue weighted by Crippen LogP contribution is -2.18. The van der Waals surface area contributed by atoms with Gasteiger partial charge < -0.3 is 9.84 Å². The van der Waals surface area contributed by atoms with Crippen LogP contribution in [0.3, 0.4) is 0 Å². The third-order valence-electron chi connectivity index (χ3n) is 3.81. The SMILES string of the molecule is COc1ccc(C)cc1C(Cc1ccccc1C(F)(F)F)C(=O)O. The summed E-state index contributed by atoms with van der Waals surface area (Å²) in [6.45, 7) is 1.78. The molecule has 1 N–H and O–H groups in total. The average molecular weight is 338 g/mol. The van der Waals surface area contributed by atoms with Crippen LogP contribution in [0.15, 0.2) is 42.5 Å². The van der Waals surface area contributed by atoms with Crippen molar-refractivity contribution in [3.05, 3.63) is 64.7 Å². The number of hydrogen-bond donors (Lipinski definition) is 1. The summed E-state index contributed by atoms with van der Waals surface area (Å²) in [5, 5.41) is 9.56. The lowest BCUT2D eigenvalue weighted by Gasteiger charge is -2.19. The van der Waals surface area contributed by atoms with Crippen molar-refractivity contribution in [1.29, 1.82) is 0 Å². The minimum atomic E-state index is -4.53. The molecule has 0 fully saturated rings. The van der Waals surface area contributed by atoms with E-state index in [0.717, 1.165) is 11.6 Å². The number of halogens is 3. The zero-order chi connectivity index (χ0) is 17.9. The second kappa shape index (κ2) is 6.95. The van der Waals surface area contributed by atoms with Gasteiger partial charge in [-0.05, 0) is 31.0 Å². The number of aryl methyl sites for hydroxylation is 1. The van der Waals surface area contributed by atoms with Crippen LogP contribution in [0.2, 0.25) is 0 Å². The Balaban J connectivity index is 2.49. The summed E-state index contributed by atoms with van der Waals surface area (Å²) in [5.74, 6) is -1.99. The molecule has 0 aliphatic heterocycles. The van der Waals surface area contributed by atoms with E-state index in [9.17, 15) is 23.1 Å². The van der Waals surface area contributed by atoms with Gasteiger partial charge in [-0.25, -0.2) is 0 Å². The molecule has 3 nitrogen and oxygen atoms in total. The van der Waals surface area contributed by atoms with Gasteiger partial charge in [0.1, 0.15) is 5.75 Å². The van der Waals surface area contributed by atoms with Crippen LogP contribution >= 0.6 is 0 Å². The Labute approximate surface area is 137 Å². The molecule has 24 heavy (non-hydrogen) atoms. The predicted molar refractivity (Wildman–Crippen MR) is 83.3 cm³/mol. The van der Waals surface area contributed by atoms with Gasteiger partial charge in [-0.15, -0.1) is 0 Å². The fourth-order valence-electron chi connectivity index (χ4n) is 2.65. The Morgan fingerprint density at radius 1 is 1.21 bits per heavy atom. The van der Waals surface area contributed by atoms with Crippen molar-refractivity contribution in [1.82, 2.24) is 0 Å². The first kappa shape index (κ1) is 17.8. The Bertz CT molecular complexity index is 739. The first-order valence-corrected chi connectivity index (χ1v) is 7.26. The predicted octanol–water partition coefficient (Wildman–Crippen LogP) is 4.43. The highest BCUT2D eigenvalue weighted by atomic mass is 19.4. The fourth-order valence-corrected chi connectivity index (χ4v) is 2.65. The molecule has 0 amide bonds. The zero-order valence-corrected chi connectivity index (χ0v) is 13.2. The number of rotatable bonds is 5. The van der Waals surface area contributed by atoms with E-state index in [1.165, 1.54) is 25.3 Å². The number of aliphatic carboxylic acids is 1. The maximum atomic E-state index is 13.1. The van der Waals surface area contributed by atoms with Gasteiger partial charge in [0, 0.05) is 5.56 Å². The number of carbonyl (C=O) groups is 1. The molecule has 0 saturated carbocycles. The monoisotopic (exact) mass is 338 g/mol. The van der Waals surface area contributed by atoms with Crippen molar-refractivity contribution in [3.8, 4) is 5.75 Å². The maximum Gasteiger partial charge on any atom is 0.416 e. The molecule has 128 valence electrons. The molecule has 0 saturated heterocycles. The second-order valence-corrected chi connectivity index (χ2v) is 5.50. The Hall–Kier alpha value is -2.50. The number of methoxy groups -OCH3 is 1. The molecule has 0 spiro atoms. The highest BCUT2D eigenvalue weighted by Crippen LogP contribution is 2.36. The summed E-state index contributed by atoms with van der Waals surface area (Å²) in [4.78, 5) is 11.7. The topological polar surface area (TPSA) is 46.5 Å². The van der Waals surface area contributed by atoms with E-state index in [-0.39, 0.29) is 12.0 Å². The highest BCUT2D eigenvalue weighted by molar-refractivity contribution is 5.78. The Morgan fingerprint density at radius 3 is 2.46 bits per heavy atom. The van der Waals surface area contributed by atoms with Crippen LogP contribution in [-0.4, -0.2) is 18.2 Å². The van der Waals surface area contributed by atoms with Crippen molar-refractivity contribution < 1.29 is 27.8 Å². The number of hydrogen-bond acceptors (Lipinski definition) is 2. The van der Waals surface area contributed by atoms with Crippen LogP contribution in [0.1, 0.15) is 28.2 Å². The van der Waals surface area contributed by atoms with Gasteiger partial charge in [-0.3, -0.25) is 4.79 Å². The third kappa shape index (κ3) is 3.88.